The van der Waals surface area contributed by atoms with Crippen LogP contribution in [-0.4, -0.2) is 37.8 Å². The minimum Gasteiger partial charge on any atom is -0.454 e. The lowest BCUT2D eigenvalue weighted by Gasteiger charge is -2.14. The van der Waals surface area contributed by atoms with Gasteiger partial charge in [0, 0.05) is 16.5 Å². The Hall–Kier alpha value is -1.21. The first-order valence-electron chi connectivity index (χ1n) is 6.96. The zero-order valence-electron chi connectivity index (χ0n) is 12.1. The molecule has 1 aliphatic rings. The number of rotatable bonds is 5. The summed E-state index contributed by atoms with van der Waals surface area (Å²) in [5.41, 5.74) is 0.465. The van der Waals surface area contributed by atoms with Gasteiger partial charge in [-0.2, -0.15) is 0 Å². The first-order valence-corrected chi connectivity index (χ1v) is 9.58. The lowest BCUT2D eigenvalue weighted by atomic mass is 10.1. The number of halogens is 1. The maximum absolute atomic E-state index is 12.1. The molecule has 1 aromatic carbocycles. The Morgan fingerprint density at radius 3 is 2.50 bits per heavy atom. The SMILES string of the molecule is C[C@H](OC(=O)C[C@@H]1CCS(=O)(=O)C1)C(=O)c1ccc(Br)cc1. The van der Waals surface area contributed by atoms with E-state index >= 15 is 0 Å². The monoisotopic (exact) mass is 388 g/mol. The Morgan fingerprint density at radius 2 is 1.95 bits per heavy atom. The molecule has 0 spiro atoms. The van der Waals surface area contributed by atoms with E-state index < -0.39 is 21.9 Å². The lowest BCUT2D eigenvalue weighted by Crippen LogP contribution is -2.25. The summed E-state index contributed by atoms with van der Waals surface area (Å²) < 4.78 is 28.7. The van der Waals surface area contributed by atoms with Crippen LogP contribution in [0.2, 0.25) is 0 Å². The molecule has 0 bridgehead atoms. The van der Waals surface area contributed by atoms with Gasteiger partial charge in [0.2, 0.25) is 5.78 Å². The molecule has 7 heteroatoms. The fourth-order valence-electron chi connectivity index (χ4n) is 2.42. The summed E-state index contributed by atoms with van der Waals surface area (Å²) in [6, 6.07) is 6.79. The molecule has 120 valence electrons. The molecule has 2 rings (SSSR count). The van der Waals surface area contributed by atoms with Crippen LogP contribution in [0.25, 0.3) is 0 Å². The summed E-state index contributed by atoms with van der Waals surface area (Å²) >= 11 is 3.28. The molecule has 1 aliphatic heterocycles. The lowest BCUT2D eigenvalue weighted by molar-refractivity contribution is -0.147. The standard InChI is InChI=1S/C15H17BrO5S/c1-10(15(18)12-2-4-13(16)5-3-12)21-14(17)8-11-6-7-22(19,20)9-11/h2-5,10-11H,6-9H2,1H3/t10-,11-/m0/s1. The molecule has 0 aliphatic carbocycles. The molecular formula is C15H17BrO5S. The van der Waals surface area contributed by atoms with Crippen LogP contribution < -0.4 is 0 Å². The van der Waals surface area contributed by atoms with E-state index in [1.54, 1.807) is 24.3 Å². The quantitative estimate of drug-likeness (QED) is 0.571. The summed E-state index contributed by atoms with van der Waals surface area (Å²) in [7, 11) is -3.01. The second kappa shape index (κ2) is 6.91. The largest absolute Gasteiger partial charge is 0.454 e. The van der Waals surface area contributed by atoms with Gasteiger partial charge in [0.25, 0.3) is 0 Å². The summed E-state index contributed by atoms with van der Waals surface area (Å²) in [6.45, 7) is 1.52. The van der Waals surface area contributed by atoms with Gasteiger partial charge in [-0.25, -0.2) is 8.42 Å². The van der Waals surface area contributed by atoms with Gasteiger partial charge < -0.3 is 4.74 Å². The third kappa shape index (κ3) is 4.64. The van der Waals surface area contributed by atoms with Crippen molar-refractivity contribution in [2.75, 3.05) is 11.5 Å². The van der Waals surface area contributed by atoms with Gasteiger partial charge in [-0.1, -0.05) is 28.1 Å². The molecule has 1 fully saturated rings. The zero-order valence-corrected chi connectivity index (χ0v) is 14.5. The van der Waals surface area contributed by atoms with E-state index in [1.807, 2.05) is 0 Å². The van der Waals surface area contributed by atoms with E-state index in [0.717, 1.165) is 4.47 Å². The fourth-order valence-corrected chi connectivity index (χ4v) is 4.54. The van der Waals surface area contributed by atoms with Crippen molar-refractivity contribution in [2.45, 2.75) is 25.9 Å². The smallest absolute Gasteiger partial charge is 0.306 e. The number of sulfone groups is 1. The minimum atomic E-state index is -3.01. The highest BCUT2D eigenvalue weighted by atomic mass is 79.9. The number of esters is 1. The van der Waals surface area contributed by atoms with Gasteiger partial charge >= 0.3 is 5.97 Å². The van der Waals surface area contributed by atoms with Crippen LogP contribution in [-0.2, 0) is 19.4 Å². The molecule has 1 saturated heterocycles. The summed E-state index contributed by atoms with van der Waals surface area (Å²) in [5, 5.41) is 0. The number of hydrogen-bond acceptors (Lipinski definition) is 5. The maximum atomic E-state index is 12.1. The van der Waals surface area contributed by atoms with Gasteiger partial charge in [-0.3, -0.25) is 9.59 Å². The van der Waals surface area contributed by atoms with E-state index in [4.69, 9.17) is 4.74 Å². The Bertz CT molecular complexity index is 666. The number of carbonyl (C=O) groups excluding carboxylic acids is 2. The number of hydrogen-bond donors (Lipinski definition) is 0. The number of benzene rings is 1. The van der Waals surface area contributed by atoms with Crippen molar-refractivity contribution in [2.24, 2.45) is 5.92 Å². The molecule has 1 aromatic rings. The predicted octanol–water partition coefficient (Wildman–Crippen LogP) is 2.39. The van der Waals surface area contributed by atoms with Gasteiger partial charge in [-0.15, -0.1) is 0 Å². The highest BCUT2D eigenvalue weighted by molar-refractivity contribution is 9.10. The first-order chi connectivity index (χ1) is 10.3. The number of ketones is 1. The number of Topliss-reactive ketones (excluding diaryl/α,β-unsaturated/α-hetero) is 1. The van der Waals surface area contributed by atoms with Gasteiger partial charge in [0.1, 0.15) is 0 Å². The molecule has 0 unspecified atom stereocenters. The Balaban J connectivity index is 1.88. The average Bonchev–Trinajstić information content (AvgIpc) is 2.77. The van der Waals surface area contributed by atoms with Gasteiger partial charge in [-0.05, 0) is 31.4 Å². The molecule has 0 radical (unpaired) electrons. The van der Waals surface area contributed by atoms with Crippen molar-refractivity contribution in [1.82, 2.24) is 0 Å². The number of carbonyl (C=O) groups is 2. The number of ether oxygens (including phenoxy) is 1. The van der Waals surface area contributed by atoms with Crippen molar-refractivity contribution < 1.29 is 22.7 Å². The van der Waals surface area contributed by atoms with Crippen LogP contribution in [0, 0.1) is 5.92 Å². The van der Waals surface area contributed by atoms with Crippen LogP contribution >= 0.6 is 15.9 Å². The highest BCUT2D eigenvalue weighted by Crippen LogP contribution is 2.22. The van der Waals surface area contributed by atoms with Gasteiger partial charge in [0.15, 0.2) is 15.9 Å². The van der Waals surface area contributed by atoms with E-state index in [2.05, 4.69) is 15.9 Å². The molecule has 0 amide bonds. The fraction of sp³-hybridized carbons (Fsp3) is 0.467. The third-order valence-electron chi connectivity index (χ3n) is 3.59. The second-order valence-corrected chi connectivity index (χ2v) is 8.62. The third-order valence-corrected chi connectivity index (χ3v) is 5.95. The van der Waals surface area contributed by atoms with Crippen molar-refractivity contribution in [3.05, 3.63) is 34.3 Å². The molecule has 22 heavy (non-hydrogen) atoms. The Labute approximate surface area is 138 Å². The van der Waals surface area contributed by atoms with Crippen molar-refractivity contribution in [3.8, 4) is 0 Å². The van der Waals surface area contributed by atoms with Crippen molar-refractivity contribution >= 4 is 37.5 Å². The van der Waals surface area contributed by atoms with E-state index in [-0.39, 0.29) is 29.6 Å². The molecule has 5 nitrogen and oxygen atoms in total. The molecule has 2 atom stereocenters. The predicted molar refractivity (Wildman–Crippen MR) is 85.4 cm³/mol. The molecule has 0 saturated carbocycles. The normalized spacial score (nSPS) is 21.3. The van der Waals surface area contributed by atoms with Crippen LogP contribution in [0.1, 0.15) is 30.1 Å². The van der Waals surface area contributed by atoms with Crippen LogP contribution in [0.4, 0.5) is 0 Å². The summed E-state index contributed by atoms with van der Waals surface area (Å²) in [5.74, 6) is -0.859. The summed E-state index contributed by atoms with van der Waals surface area (Å²) in [6.07, 6.45) is -0.365. The summed E-state index contributed by atoms with van der Waals surface area (Å²) in [4.78, 5) is 24.0. The Morgan fingerprint density at radius 1 is 1.32 bits per heavy atom. The molecule has 0 aromatic heterocycles. The molecule has 0 N–H and O–H groups in total. The van der Waals surface area contributed by atoms with E-state index in [9.17, 15) is 18.0 Å². The van der Waals surface area contributed by atoms with Crippen LogP contribution in [0.15, 0.2) is 28.7 Å². The second-order valence-electron chi connectivity index (χ2n) is 5.48. The van der Waals surface area contributed by atoms with Gasteiger partial charge in [0.05, 0.1) is 11.5 Å². The molecule has 1 heterocycles. The van der Waals surface area contributed by atoms with Crippen LogP contribution in [0.5, 0.6) is 0 Å². The average molecular weight is 389 g/mol. The topological polar surface area (TPSA) is 77.5 Å². The van der Waals surface area contributed by atoms with Crippen LogP contribution in [0.3, 0.4) is 0 Å². The molecular weight excluding hydrogens is 372 g/mol. The zero-order chi connectivity index (χ0) is 16.3. The van der Waals surface area contributed by atoms with E-state index in [1.165, 1.54) is 6.92 Å². The Kier molecular flexibility index (Phi) is 5.39. The first kappa shape index (κ1) is 17.1. The van der Waals surface area contributed by atoms with Crippen molar-refractivity contribution in [1.29, 1.82) is 0 Å². The minimum absolute atomic E-state index is 0.0249. The van der Waals surface area contributed by atoms with E-state index in [0.29, 0.717) is 12.0 Å². The van der Waals surface area contributed by atoms with Crippen molar-refractivity contribution in [3.63, 3.8) is 0 Å². The highest BCUT2D eigenvalue weighted by Gasteiger charge is 2.30. The maximum Gasteiger partial charge on any atom is 0.306 e.